The zero-order valence-corrected chi connectivity index (χ0v) is 17.5. The second-order valence-electron chi connectivity index (χ2n) is 8.05. The predicted molar refractivity (Wildman–Crippen MR) is 116 cm³/mol. The van der Waals surface area contributed by atoms with Crippen molar-refractivity contribution >= 4 is 11.7 Å². The van der Waals surface area contributed by atoms with E-state index in [4.69, 9.17) is 9.26 Å². The van der Waals surface area contributed by atoms with Crippen LogP contribution in [-0.4, -0.2) is 22.7 Å². The Morgan fingerprint density at radius 1 is 1.16 bits per heavy atom. The van der Waals surface area contributed by atoms with Gasteiger partial charge in [-0.2, -0.15) is 0 Å². The lowest BCUT2D eigenvalue weighted by atomic mass is 9.72. The van der Waals surface area contributed by atoms with Crippen LogP contribution >= 0.6 is 0 Å². The summed E-state index contributed by atoms with van der Waals surface area (Å²) in [5.74, 6) is 1.43. The number of anilines is 1. The minimum atomic E-state index is -0.284. The molecule has 158 valence electrons. The molecule has 1 aliphatic carbocycles. The number of phenolic OH excluding ortho intramolecular Hbond substituents is 1. The molecule has 0 amide bonds. The van der Waals surface area contributed by atoms with E-state index in [-0.39, 0.29) is 23.4 Å². The van der Waals surface area contributed by atoms with Crippen LogP contribution in [0.15, 0.2) is 64.3 Å². The summed E-state index contributed by atoms with van der Waals surface area (Å²) in [5, 5.41) is 17.1. The monoisotopic (exact) mass is 416 g/mol. The van der Waals surface area contributed by atoms with Crippen LogP contribution in [0.1, 0.15) is 54.0 Å². The number of Topliss-reactive ketones (excluding diaryl/α,β-unsaturated/α-hetero) is 1. The highest BCUT2D eigenvalue weighted by Gasteiger charge is 2.42. The number of hydrogen-bond donors (Lipinski definition) is 2. The molecule has 2 atom stereocenters. The standard InChI is InChI=1S/C25H24N2O4/c1-3-30-21-7-5-4-6-18(21)23-22-14(2)27-31-25(22)26-19-12-16(13-20(29)24(19)23)15-8-10-17(28)11-9-15/h4-11,16,23,26,28H,3,12-13H2,1-2H3. The molecule has 0 saturated heterocycles. The largest absolute Gasteiger partial charge is 0.508 e. The number of carbonyl (C=O) groups is 1. The molecule has 1 aromatic heterocycles. The molecule has 0 spiro atoms. The van der Waals surface area contributed by atoms with Gasteiger partial charge in [-0.1, -0.05) is 35.5 Å². The highest BCUT2D eigenvalue weighted by Crippen LogP contribution is 2.50. The molecular weight excluding hydrogens is 392 g/mol. The van der Waals surface area contributed by atoms with Crippen molar-refractivity contribution < 1.29 is 19.2 Å². The Labute approximate surface area is 180 Å². The summed E-state index contributed by atoms with van der Waals surface area (Å²) in [6.45, 7) is 4.40. The summed E-state index contributed by atoms with van der Waals surface area (Å²) in [5.41, 5.74) is 5.27. The number of phenols is 1. The predicted octanol–water partition coefficient (Wildman–Crippen LogP) is 5.05. The first-order valence-corrected chi connectivity index (χ1v) is 10.6. The van der Waals surface area contributed by atoms with E-state index in [2.05, 4.69) is 10.5 Å². The first-order chi connectivity index (χ1) is 15.1. The lowest BCUT2D eigenvalue weighted by Crippen LogP contribution is -2.29. The molecule has 2 N–H and O–H groups in total. The number of hydrogen-bond acceptors (Lipinski definition) is 6. The Kier molecular flexibility index (Phi) is 4.77. The molecule has 1 aliphatic heterocycles. The van der Waals surface area contributed by atoms with Crippen LogP contribution in [0.5, 0.6) is 11.5 Å². The number of ketones is 1. The number of allylic oxidation sites excluding steroid dienone is 2. The SMILES string of the molecule is CCOc1ccccc1C1C2=C(CC(c3ccc(O)cc3)CC2=O)Nc2onc(C)c21. The van der Waals surface area contributed by atoms with Crippen LogP contribution in [0.4, 0.5) is 5.88 Å². The summed E-state index contributed by atoms with van der Waals surface area (Å²) >= 11 is 0. The number of aromatic nitrogens is 1. The van der Waals surface area contributed by atoms with E-state index < -0.39 is 0 Å². The molecule has 6 nitrogen and oxygen atoms in total. The lowest BCUT2D eigenvalue weighted by molar-refractivity contribution is -0.116. The van der Waals surface area contributed by atoms with Crippen molar-refractivity contribution in [2.24, 2.45) is 0 Å². The maximum absolute atomic E-state index is 13.5. The van der Waals surface area contributed by atoms with Crippen LogP contribution in [0.2, 0.25) is 0 Å². The molecule has 6 heteroatoms. The van der Waals surface area contributed by atoms with Crippen molar-refractivity contribution in [3.8, 4) is 11.5 Å². The van der Waals surface area contributed by atoms with Gasteiger partial charge in [-0.05, 0) is 49.9 Å². The number of aromatic hydroxyl groups is 1. The fraction of sp³-hybridized carbons (Fsp3) is 0.280. The first-order valence-electron chi connectivity index (χ1n) is 10.6. The van der Waals surface area contributed by atoms with Gasteiger partial charge in [0.2, 0.25) is 5.88 Å². The summed E-state index contributed by atoms with van der Waals surface area (Å²) in [6.07, 6.45) is 1.09. The molecule has 2 unspecified atom stereocenters. The van der Waals surface area contributed by atoms with Crippen molar-refractivity contribution in [1.29, 1.82) is 0 Å². The van der Waals surface area contributed by atoms with Crippen LogP contribution in [0.3, 0.4) is 0 Å². The molecule has 0 radical (unpaired) electrons. The maximum atomic E-state index is 13.5. The Balaban J connectivity index is 1.63. The highest BCUT2D eigenvalue weighted by molar-refractivity contribution is 6.01. The summed E-state index contributed by atoms with van der Waals surface area (Å²) in [4.78, 5) is 13.5. The van der Waals surface area contributed by atoms with Crippen LogP contribution < -0.4 is 10.1 Å². The zero-order chi connectivity index (χ0) is 21.5. The van der Waals surface area contributed by atoms with Gasteiger partial charge < -0.3 is 19.7 Å². The molecule has 5 rings (SSSR count). The van der Waals surface area contributed by atoms with Gasteiger partial charge in [0.15, 0.2) is 5.78 Å². The normalized spacial score (nSPS) is 20.1. The summed E-state index contributed by atoms with van der Waals surface area (Å²) < 4.78 is 11.5. The fourth-order valence-corrected chi connectivity index (χ4v) is 4.77. The Bertz CT molecular complexity index is 1180. The summed E-state index contributed by atoms with van der Waals surface area (Å²) in [7, 11) is 0. The van der Waals surface area contributed by atoms with Gasteiger partial charge in [-0.3, -0.25) is 4.79 Å². The van der Waals surface area contributed by atoms with Gasteiger partial charge in [0, 0.05) is 23.3 Å². The lowest BCUT2D eigenvalue weighted by Gasteiger charge is -2.35. The number of carbonyl (C=O) groups excluding carboxylic acids is 1. The Morgan fingerprint density at radius 2 is 1.94 bits per heavy atom. The van der Waals surface area contributed by atoms with E-state index in [1.165, 1.54) is 0 Å². The van der Waals surface area contributed by atoms with Crippen molar-refractivity contribution in [1.82, 2.24) is 5.16 Å². The van der Waals surface area contributed by atoms with Crippen molar-refractivity contribution in [2.75, 3.05) is 11.9 Å². The van der Waals surface area contributed by atoms with E-state index in [0.717, 1.165) is 39.4 Å². The fourth-order valence-electron chi connectivity index (χ4n) is 4.77. The number of para-hydroxylation sites is 1. The number of aryl methyl sites for hydroxylation is 1. The summed E-state index contributed by atoms with van der Waals surface area (Å²) in [6, 6.07) is 15.0. The second-order valence-corrected chi connectivity index (χ2v) is 8.05. The van der Waals surface area contributed by atoms with Gasteiger partial charge >= 0.3 is 0 Å². The van der Waals surface area contributed by atoms with Gasteiger partial charge in [0.05, 0.1) is 23.8 Å². The topological polar surface area (TPSA) is 84.6 Å². The average Bonchev–Trinajstić information content (AvgIpc) is 3.14. The average molecular weight is 416 g/mol. The highest BCUT2D eigenvalue weighted by atomic mass is 16.5. The van der Waals surface area contributed by atoms with Crippen molar-refractivity contribution in [3.63, 3.8) is 0 Å². The molecule has 2 heterocycles. The number of nitrogens with one attached hydrogen (secondary N) is 1. The van der Waals surface area contributed by atoms with E-state index in [1.807, 2.05) is 50.2 Å². The van der Waals surface area contributed by atoms with Crippen LogP contribution in [0.25, 0.3) is 0 Å². The zero-order valence-electron chi connectivity index (χ0n) is 17.5. The number of nitrogens with zero attached hydrogens (tertiary/aromatic N) is 1. The first kappa shape index (κ1) is 19.4. The van der Waals surface area contributed by atoms with Gasteiger partial charge in [-0.15, -0.1) is 0 Å². The van der Waals surface area contributed by atoms with Gasteiger partial charge in [0.25, 0.3) is 0 Å². The molecule has 3 aromatic rings. The van der Waals surface area contributed by atoms with Gasteiger partial charge in [-0.25, -0.2) is 0 Å². The number of fused-ring (bicyclic) bond motifs is 1. The van der Waals surface area contributed by atoms with Crippen LogP contribution in [0, 0.1) is 6.92 Å². The second kappa shape index (κ2) is 7.61. The smallest absolute Gasteiger partial charge is 0.233 e. The number of ether oxygens (including phenoxy) is 1. The third kappa shape index (κ3) is 3.28. The molecular formula is C25H24N2O4. The van der Waals surface area contributed by atoms with Crippen molar-refractivity contribution in [3.05, 3.63) is 82.2 Å². The maximum Gasteiger partial charge on any atom is 0.233 e. The molecule has 2 aromatic carbocycles. The molecule has 2 aliphatic rings. The third-order valence-electron chi connectivity index (χ3n) is 6.15. The Morgan fingerprint density at radius 3 is 2.71 bits per heavy atom. The molecule has 31 heavy (non-hydrogen) atoms. The van der Waals surface area contributed by atoms with E-state index in [0.29, 0.717) is 25.3 Å². The van der Waals surface area contributed by atoms with Crippen LogP contribution in [-0.2, 0) is 4.79 Å². The number of rotatable bonds is 4. The van der Waals surface area contributed by atoms with E-state index in [9.17, 15) is 9.90 Å². The quantitative estimate of drug-likeness (QED) is 0.619. The minimum absolute atomic E-state index is 0.0349. The Hall–Kier alpha value is -3.54. The van der Waals surface area contributed by atoms with E-state index >= 15 is 0 Å². The number of benzene rings is 2. The van der Waals surface area contributed by atoms with Gasteiger partial charge in [0.1, 0.15) is 11.5 Å². The molecule has 0 fully saturated rings. The molecule has 0 saturated carbocycles. The molecule has 0 bridgehead atoms. The minimum Gasteiger partial charge on any atom is -0.508 e. The third-order valence-corrected chi connectivity index (χ3v) is 6.15. The van der Waals surface area contributed by atoms with E-state index in [1.54, 1.807) is 12.1 Å². The van der Waals surface area contributed by atoms with Crippen molar-refractivity contribution in [2.45, 2.75) is 38.5 Å².